The van der Waals surface area contributed by atoms with Crippen LogP contribution in [0.25, 0.3) is 0 Å². The second-order valence-corrected chi connectivity index (χ2v) is 4.97. The minimum Gasteiger partial charge on any atom is -0.442 e. The fourth-order valence-electron chi connectivity index (χ4n) is 1.48. The Morgan fingerprint density at radius 1 is 1.31 bits per heavy atom. The van der Waals surface area contributed by atoms with E-state index in [0.717, 1.165) is 5.56 Å². The first kappa shape index (κ1) is 10.9. The lowest BCUT2D eigenvalue weighted by Gasteiger charge is -2.18. The van der Waals surface area contributed by atoms with Crippen molar-refractivity contribution in [3.63, 3.8) is 0 Å². The average molecular weight is 216 g/mol. The third-order valence-electron chi connectivity index (χ3n) is 2.49. The molecule has 0 saturated heterocycles. The van der Waals surface area contributed by atoms with Gasteiger partial charge in [0.15, 0.2) is 0 Å². The Balaban J connectivity index is 2.33. The lowest BCUT2D eigenvalue weighted by molar-refractivity contribution is 0.442. The molecule has 0 atom stereocenters. The van der Waals surface area contributed by atoms with Crippen LogP contribution < -0.4 is 0 Å². The first-order chi connectivity index (χ1) is 7.47. The molecule has 1 aliphatic rings. The summed E-state index contributed by atoms with van der Waals surface area (Å²) in [5, 5.41) is 0. The summed E-state index contributed by atoms with van der Waals surface area (Å²) in [6.45, 7) is 10.8. The molecule has 0 saturated carbocycles. The van der Waals surface area contributed by atoms with Crippen LogP contribution >= 0.6 is 0 Å². The van der Waals surface area contributed by atoms with Gasteiger partial charge in [0.25, 0.3) is 0 Å². The average Bonchev–Trinajstić information content (AvgIpc) is 2.64. The van der Waals surface area contributed by atoms with Crippen LogP contribution in [0.15, 0.2) is 35.8 Å². The Hall–Kier alpha value is -1.64. The second kappa shape index (κ2) is 3.74. The Morgan fingerprint density at radius 2 is 2.06 bits per heavy atom. The van der Waals surface area contributed by atoms with E-state index in [1.165, 1.54) is 5.56 Å². The zero-order valence-corrected chi connectivity index (χ0v) is 9.95. The van der Waals surface area contributed by atoms with Gasteiger partial charge in [0.05, 0.1) is 5.56 Å². The van der Waals surface area contributed by atoms with Crippen molar-refractivity contribution in [1.82, 2.24) is 4.98 Å². The van der Waals surface area contributed by atoms with E-state index in [1.807, 2.05) is 6.20 Å². The van der Waals surface area contributed by atoms with E-state index in [0.29, 0.717) is 18.2 Å². The summed E-state index contributed by atoms with van der Waals surface area (Å²) < 4.78 is 5.43. The van der Waals surface area contributed by atoms with Crippen molar-refractivity contribution in [3.8, 4) is 0 Å². The molecule has 0 aromatic carbocycles. The van der Waals surface area contributed by atoms with Gasteiger partial charge in [0.1, 0.15) is 12.3 Å². The Bertz CT molecular complexity index is 455. The SMILES string of the molecule is C=C1CN=C(c2cncc(C(C)(C)C)c2)O1. The van der Waals surface area contributed by atoms with Crippen LogP contribution in [-0.4, -0.2) is 17.4 Å². The van der Waals surface area contributed by atoms with Gasteiger partial charge < -0.3 is 4.74 Å². The molecule has 0 N–H and O–H groups in total. The van der Waals surface area contributed by atoms with Gasteiger partial charge in [-0.25, -0.2) is 4.99 Å². The summed E-state index contributed by atoms with van der Waals surface area (Å²) in [6, 6.07) is 2.07. The predicted octanol–water partition coefficient (Wildman–Crippen LogP) is 2.67. The van der Waals surface area contributed by atoms with Gasteiger partial charge in [0.2, 0.25) is 5.90 Å². The van der Waals surface area contributed by atoms with Gasteiger partial charge in [-0.15, -0.1) is 0 Å². The molecular weight excluding hydrogens is 200 g/mol. The molecule has 0 fully saturated rings. The van der Waals surface area contributed by atoms with Crippen LogP contribution in [0.2, 0.25) is 0 Å². The van der Waals surface area contributed by atoms with Crippen molar-refractivity contribution in [3.05, 3.63) is 41.9 Å². The summed E-state index contributed by atoms with van der Waals surface area (Å²) in [5.41, 5.74) is 2.18. The van der Waals surface area contributed by atoms with E-state index >= 15 is 0 Å². The molecule has 0 aliphatic carbocycles. The normalized spacial score (nSPS) is 15.9. The van der Waals surface area contributed by atoms with Gasteiger partial charge in [-0.2, -0.15) is 0 Å². The zero-order chi connectivity index (χ0) is 11.8. The molecule has 0 spiro atoms. The minimum atomic E-state index is 0.0825. The summed E-state index contributed by atoms with van der Waals surface area (Å²) in [4.78, 5) is 8.50. The van der Waals surface area contributed by atoms with E-state index in [4.69, 9.17) is 4.74 Å². The highest BCUT2D eigenvalue weighted by molar-refractivity contribution is 5.95. The largest absolute Gasteiger partial charge is 0.442 e. The van der Waals surface area contributed by atoms with E-state index in [1.54, 1.807) is 6.20 Å². The van der Waals surface area contributed by atoms with Crippen LogP contribution in [0.4, 0.5) is 0 Å². The second-order valence-electron chi connectivity index (χ2n) is 4.97. The van der Waals surface area contributed by atoms with Crippen LogP contribution in [0, 0.1) is 0 Å². The maximum absolute atomic E-state index is 5.43. The van der Waals surface area contributed by atoms with Gasteiger partial charge in [-0.1, -0.05) is 27.4 Å². The van der Waals surface area contributed by atoms with Crippen LogP contribution in [-0.2, 0) is 10.2 Å². The molecule has 1 aromatic rings. The monoisotopic (exact) mass is 216 g/mol. The molecule has 1 aliphatic heterocycles. The number of nitrogens with zero attached hydrogens (tertiary/aromatic N) is 2. The van der Waals surface area contributed by atoms with Crippen molar-refractivity contribution < 1.29 is 4.74 Å². The zero-order valence-electron chi connectivity index (χ0n) is 9.95. The van der Waals surface area contributed by atoms with Gasteiger partial charge >= 0.3 is 0 Å². The molecule has 3 nitrogen and oxygen atoms in total. The van der Waals surface area contributed by atoms with Gasteiger partial charge in [-0.3, -0.25) is 4.98 Å². The minimum absolute atomic E-state index is 0.0825. The van der Waals surface area contributed by atoms with Crippen molar-refractivity contribution in [2.24, 2.45) is 4.99 Å². The maximum atomic E-state index is 5.43. The topological polar surface area (TPSA) is 34.5 Å². The van der Waals surface area contributed by atoms with Gasteiger partial charge in [0, 0.05) is 12.4 Å². The van der Waals surface area contributed by atoms with Gasteiger partial charge in [-0.05, 0) is 17.0 Å². The lowest BCUT2D eigenvalue weighted by Crippen LogP contribution is -2.13. The summed E-state index contributed by atoms with van der Waals surface area (Å²) in [6.07, 6.45) is 3.65. The number of pyridine rings is 1. The molecule has 0 unspecified atom stereocenters. The first-order valence-corrected chi connectivity index (χ1v) is 5.33. The number of hydrogen-bond donors (Lipinski definition) is 0. The molecular formula is C13H16N2O. The standard InChI is InChI=1S/C13H16N2O/c1-9-6-15-12(16-9)10-5-11(8-14-7-10)13(2,3)4/h5,7-8H,1,6H2,2-4H3. The van der Waals surface area contributed by atoms with Crippen LogP contribution in [0.3, 0.4) is 0 Å². The molecule has 2 heterocycles. The molecule has 3 heteroatoms. The third-order valence-corrected chi connectivity index (χ3v) is 2.49. The smallest absolute Gasteiger partial charge is 0.223 e. The molecule has 1 aromatic heterocycles. The predicted molar refractivity (Wildman–Crippen MR) is 64.6 cm³/mol. The number of ether oxygens (including phenoxy) is 1. The van der Waals surface area contributed by atoms with E-state index in [2.05, 4.69) is 43.4 Å². The molecule has 0 amide bonds. The number of aromatic nitrogens is 1. The first-order valence-electron chi connectivity index (χ1n) is 5.33. The Kier molecular flexibility index (Phi) is 2.54. The fourth-order valence-corrected chi connectivity index (χ4v) is 1.48. The highest BCUT2D eigenvalue weighted by Gasteiger charge is 2.18. The summed E-state index contributed by atoms with van der Waals surface area (Å²) in [5.74, 6) is 1.32. The number of aliphatic imine (C=N–C) groups is 1. The summed E-state index contributed by atoms with van der Waals surface area (Å²) >= 11 is 0. The maximum Gasteiger partial charge on any atom is 0.223 e. The fraction of sp³-hybridized carbons (Fsp3) is 0.385. The highest BCUT2D eigenvalue weighted by Crippen LogP contribution is 2.23. The molecule has 0 radical (unpaired) electrons. The molecule has 0 bridgehead atoms. The molecule has 16 heavy (non-hydrogen) atoms. The van der Waals surface area contributed by atoms with Crippen molar-refractivity contribution in [2.75, 3.05) is 6.54 Å². The van der Waals surface area contributed by atoms with Crippen LogP contribution in [0.5, 0.6) is 0 Å². The van der Waals surface area contributed by atoms with E-state index < -0.39 is 0 Å². The molecule has 84 valence electrons. The van der Waals surface area contributed by atoms with E-state index in [-0.39, 0.29) is 5.41 Å². The van der Waals surface area contributed by atoms with E-state index in [9.17, 15) is 0 Å². The van der Waals surface area contributed by atoms with Crippen molar-refractivity contribution in [1.29, 1.82) is 0 Å². The molecule has 2 rings (SSSR count). The number of hydrogen-bond acceptors (Lipinski definition) is 3. The Morgan fingerprint density at radius 3 is 2.62 bits per heavy atom. The summed E-state index contributed by atoms with van der Waals surface area (Å²) in [7, 11) is 0. The number of rotatable bonds is 1. The van der Waals surface area contributed by atoms with Crippen molar-refractivity contribution in [2.45, 2.75) is 26.2 Å². The highest BCUT2D eigenvalue weighted by atomic mass is 16.5. The quantitative estimate of drug-likeness (QED) is 0.723. The van der Waals surface area contributed by atoms with Crippen LogP contribution in [0.1, 0.15) is 31.9 Å². The van der Waals surface area contributed by atoms with Crippen molar-refractivity contribution >= 4 is 5.90 Å². The third kappa shape index (κ3) is 2.13. The Labute approximate surface area is 95.9 Å². The lowest BCUT2D eigenvalue weighted by atomic mass is 9.88.